The van der Waals surface area contributed by atoms with Crippen LogP contribution in [0.5, 0.6) is 5.75 Å². The molecule has 5 rings (SSSR count). The Balaban J connectivity index is 1.67. The Morgan fingerprint density at radius 3 is 1.98 bits per heavy atom. The fourth-order valence-corrected chi connectivity index (χ4v) is 6.50. The number of aryl methyl sites for hydroxylation is 1. The van der Waals surface area contributed by atoms with Gasteiger partial charge >= 0.3 is 13.3 Å². The summed E-state index contributed by atoms with van der Waals surface area (Å²) in [6.07, 6.45) is 0.242. The molecule has 3 N–H and O–H groups in total. The van der Waals surface area contributed by atoms with Crippen molar-refractivity contribution in [2.24, 2.45) is 0 Å². The van der Waals surface area contributed by atoms with Crippen molar-refractivity contribution < 1.29 is 28.6 Å². The molecule has 1 heterocycles. The molecule has 0 saturated carbocycles. The standard InChI is InChI=1S/C36H36N3O8P/c1-25-22-38(35(42)37-34(25)41)24-33(40)39(23-27-12-10-11-17-32(27)48(43,44)45)26(2)47-36(28-13-6-4-7-14-28,29-15-8-5-9-16-29)30-18-20-31(46-3)21-19-30/h4-22,26H,23-24H2,1-3H3,(H,37,41,42)(H2,43,44,45). The van der Waals surface area contributed by atoms with Crippen molar-refractivity contribution in [2.45, 2.75) is 38.8 Å². The number of hydrogen-bond donors (Lipinski definition) is 3. The van der Waals surface area contributed by atoms with Crippen LogP contribution in [0.2, 0.25) is 0 Å². The van der Waals surface area contributed by atoms with Gasteiger partial charge in [0.05, 0.1) is 12.4 Å². The van der Waals surface area contributed by atoms with Crippen molar-refractivity contribution in [1.82, 2.24) is 14.5 Å². The van der Waals surface area contributed by atoms with Gasteiger partial charge in [0, 0.05) is 18.3 Å². The van der Waals surface area contributed by atoms with Crippen LogP contribution in [0.25, 0.3) is 0 Å². The first-order chi connectivity index (χ1) is 22.9. The largest absolute Gasteiger partial charge is 0.497 e. The second-order valence-electron chi connectivity index (χ2n) is 11.3. The quantitative estimate of drug-likeness (QED) is 0.102. The number of rotatable bonds is 12. The zero-order valence-electron chi connectivity index (χ0n) is 26.6. The molecule has 1 atom stereocenters. The van der Waals surface area contributed by atoms with Gasteiger partial charge in [0.2, 0.25) is 5.91 Å². The Bertz CT molecular complexity index is 2000. The molecule has 0 saturated heterocycles. The van der Waals surface area contributed by atoms with E-state index in [0.717, 1.165) is 21.3 Å². The molecule has 1 unspecified atom stereocenters. The molecule has 1 amide bonds. The number of carbonyl (C=O) groups is 1. The summed E-state index contributed by atoms with van der Waals surface area (Å²) < 4.78 is 26.1. The fourth-order valence-electron chi connectivity index (χ4n) is 5.70. The van der Waals surface area contributed by atoms with Crippen LogP contribution in [-0.2, 0) is 32.8 Å². The van der Waals surface area contributed by atoms with Crippen molar-refractivity contribution in [1.29, 1.82) is 0 Å². The highest BCUT2D eigenvalue weighted by Crippen LogP contribution is 2.43. The molecule has 248 valence electrons. The number of hydrogen-bond acceptors (Lipinski definition) is 6. The number of nitrogens with one attached hydrogen (secondary N) is 1. The van der Waals surface area contributed by atoms with Crippen LogP contribution in [0.15, 0.2) is 125 Å². The van der Waals surface area contributed by atoms with Gasteiger partial charge in [-0.05, 0) is 54.3 Å². The Morgan fingerprint density at radius 1 is 0.875 bits per heavy atom. The average Bonchev–Trinajstić information content (AvgIpc) is 3.09. The average molecular weight is 670 g/mol. The fraction of sp³-hybridized carbons (Fsp3) is 0.194. The van der Waals surface area contributed by atoms with Crippen molar-refractivity contribution in [2.75, 3.05) is 7.11 Å². The van der Waals surface area contributed by atoms with E-state index in [9.17, 15) is 28.7 Å². The zero-order valence-corrected chi connectivity index (χ0v) is 27.5. The first kappa shape index (κ1) is 34.3. The van der Waals surface area contributed by atoms with E-state index in [1.54, 1.807) is 20.1 Å². The van der Waals surface area contributed by atoms with E-state index < -0.39 is 43.1 Å². The molecule has 0 aliphatic rings. The summed E-state index contributed by atoms with van der Waals surface area (Å²) in [6.45, 7) is 2.44. The smallest absolute Gasteiger partial charge is 0.356 e. The molecule has 11 nitrogen and oxygen atoms in total. The molecule has 5 aromatic rings. The topological polar surface area (TPSA) is 151 Å². The molecule has 4 aromatic carbocycles. The lowest BCUT2D eigenvalue weighted by Gasteiger charge is -2.41. The zero-order chi connectivity index (χ0) is 34.5. The number of ether oxygens (including phenoxy) is 2. The highest BCUT2D eigenvalue weighted by atomic mass is 31.2. The predicted molar refractivity (Wildman–Crippen MR) is 181 cm³/mol. The number of carbonyl (C=O) groups excluding carboxylic acids is 1. The van der Waals surface area contributed by atoms with Gasteiger partial charge in [0.1, 0.15) is 24.1 Å². The van der Waals surface area contributed by atoms with Crippen LogP contribution < -0.4 is 21.3 Å². The molecule has 48 heavy (non-hydrogen) atoms. The second kappa shape index (κ2) is 14.4. The number of nitrogens with zero attached hydrogens (tertiary/aromatic N) is 2. The van der Waals surface area contributed by atoms with Gasteiger partial charge in [-0.15, -0.1) is 0 Å². The molecule has 0 spiro atoms. The highest BCUT2D eigenvalue weighted by molar-refractivity contribution is 7.60. The Labute approximate surface area is 277 Å². The number of amides is 1. The van der Waals surface area contributed by atoms with E-state index in [2.05, 4.69) is 4.98 Å². The van der Waals surface area contributed by atoms with Crippen molar-refractivity contribution >= 4 is 18.8 Å². The number of aromatic nitrogens is 2. The molecular weight excluding hydrogens is 633 g/mol. The predicted octanol–water partition coefficient (Wildman–Crippen LogP) is 4.04. The van der Waals surface area contributed by atoms with Gasteiger partial charge in [0.15, 0.2) is 0 Å². The summed E-state index contributed by atoms with van der Waals surface area (Å²) >= 11 is 0. The number of aromatic amines is 1. The normalized spacial score (nSPS) is 12.4. The lowest BCUT2D eigenvalue weighted by atomic mass is 9.80. The van der Waals surface area contributed by atoms with Crippen molar-refractivity contribution in [3.05, 3.63) is 164 Å². The maximum Gasteiger partial charge on any atom is 0.356 e. The minimum Gasteiger partial charge on any atom is -0.497 e. The summed E-state index contributed by atoms with van der Waals surface area (Å²) in [4.78, 5) is 62.8. The number of H-pyrrole nitrogens is 1. The van der Waals surface area contributed by atoms with Crippen molar-refractivity contribution in [3.63, 3.8) is 0 Å². The van der Waals surface area contributed by atoms with Gasteiger partial charge < -0.3 is 24.2 Å². The molecule has 0 bridgehead atoms. The van der Waals surface area contributed by atoms with E-state index in [-0.39, 0.29) is 23.0 Å². The Kier molecular flexibility index (Phi) is 10.3. The Hall–Kier alpha value is -5.06. The van der Waals surface area contributed by atoms with Gasteiger partial charge in [-0.3, -0.25) is 23.7 Å². The van der Waals surface area contributed by atoms with Crippen LogP contribution in [-0.4, -0.2) is 43.5 Å². The minimum absolute atomic E-state index is 0.203. The molecule has 1 aromatic heterocycles. The van der Waals surface area contributed by atoms with Gasteiger partial charge in [-0.2, -0.15) is 0 Å². The summed E-state index contributed by atoms with van der Waals surface area (Å²) in [6, 6.07) is 32.3. The SMILES string of the molecule is COc1ccc(C(OC(C)N(Cc2ccccc2P(=O)(O)O)C(=O)Cn2cc(C)c(=O)[nH]c2=O)(c2ccccc2)c2ccccc2)cc1. The summed E-state index contributed by atoms with van der Waals surface area (Å²) in [5, 5.41) is -0.236. The monoisotopic (exact) mass is 669 g/mol. The molecule has 0 aliphatic carbocycles. The first-order valence-electron chi connectivity index (χ1n) is 15.1. The highest BCUT2D eigenvalue weighted by Gasteiger charge is 2.41. The van der Waals surface area contributed by atoms with Crippen LogP contribution in [0.4, 0.5) is 0 Å². The van der Waals surface area contributed by atoms with E-state index in [1.807, 2.05) is 84.9 Å². The number of methoxy groups -OCH3 is 1. The number of benzene rings is 4. The molecule has 12 heteroatoms. The molecule has 0 fully saturated rings. The third-order valence-electron chi connectivity index (χ3n) is 8.10. The summed E-state index contributed by atoms with van der Waals surface area (Å²) in [7, 11) is -3.16. The van der Waals surface area contributed by atoms with Crippen LogP contribution in [0.3, 0.4) is 0 Å². The second-order valence-corrected chi connectivity index (χ2v) is 12.8. The lowest BCUT2D eigenvalue weighted by molar-refractivity contribution is -0.158. The third-order valence-corrected chi connectivity index (χ3v) is 9.17. The van der Waals surface area contributed by atoms with E-state index in [4.69, 9.17) is 9.47 Å². The summed E-state index contributed by atoms with van der Waals surface area (Å²) in [5.74, 6) is 0.0376. The molecule has 0 aliphatic heterocycles. The summed E-state index contributed by atoms with van der Waals surface area (Å²) in [5.41, 5.74) is 0.0365. The van der Waals surface area contributed by atoms with Gasteiger partial charge in [0.25, 0.3) is 5.56 Å². The van der Waals surface area contributed by atoms with Gasteiger partial charge in [-0.25, -0.2) is 4.79 Å². The van der Waals surface area contributed by atoms with Crippen LogP contribution >= 0.6 is 7.60 Å². The van der Waals surface area contributed by atoms with E-state index in [0.29, 0.717) is 5.75 Å². The van der Waals surface area contributed by atoms with Crippen LogP contribution in [0.1, 0.15) is 34.7 Å². The minimum atomic E-state index is -4.74. The van der Waals surface area contributed by atoms with Crippen LogP contribution in [0, 0.1) is 6.92 Å². The van der Waals surface area contributed by atoms with Gasteiger partial charge in [-0.1, -0.05) is 91.0 Å². The van der Waals surface area contributed by atoms with E-state index >= 15 is 0 Å². The maximum absolute atomic E-state index is 14.2. The first-order valence-corrected chi connectivity index (χ1v) is 16.7. The Morgan fingerprint density at radius 2 is 1.42 bits per heavy atom. The maximum atomic E-state index is 14.2. The van der Waals surface area contributed by atoms with E-state index in [1.165, 1.54) is 36.2 Å². The van der Waals surface area contributed by atoms with Crippen molar-refractivity contribution in [3.8, 4) is 5.75 Å². The molecular formula is C36H36N3O8P. The third kappa shape index (κ3) is 7.25. The lowest BCUT2D eigenvalue weighted by Crippen LogP contribution is -2.48. The molecule has 0 radical (unpaired) electrons.